The number of benzene rings is 2. The molecular formula is C14H13NO4. The summed E-state index contributed by atoms with van der Waals surface area (Å²) in [6.07, 6.45) is 0. The van der Waals surface area contributed by atoms with Crippen molar-refractivity contribution in [3.8, 4) is 5.75 Å². The minimum atomic E-state index is -0.434. The van der Waals surface area contributed by atoms with E-state index >= 15 is 0 Å². The second-order valence-corrected chi connectivity index (χ2v) is 3.94. The Morgan fingerprint density at radius 2 is 1.68 bits per heavy atom. The summed E-state index contributed by atoms with van der Waals surface area (Å²) >= 11 is 0. The number of hydrogen-bond acceptors (Lipinski definition) is 4. The molecule has 0 fully saturated rings. The van der Waals surface area contributed by atoms with Gasteiger partial charge in [-0.25, -0.2) is 0 Å². The molecular weight excluding hydrogens is 246 g/mol. The van der Waals surface area contributed by atoms with E-state index in [1.54, 1.807) is 42.5 Å². The van der Waals surface area contributed by atoms with Crippen molar-refractivity contribution >= 4 is 5.69 Å². The average molecular weight is 259 g/mol. The Labute approximate surface area is 110 Å². The van der Waals surface area contributed by atoms with E-state index in [9.17, 15) is 15.2 Å². The Kier molecular flexibility index (Phi) is 4.10. The normalized spacial score (nSPS) is 10.2. The fourth-order valence-electron chi connectivity index (χ4n) is 1.74. The van der Waals surface area contributed by atoms with Crippen LogP contribution in [0, 0.1) is 10.1 Å². The lowest BCUT2D eigenvalue weighted by Crippen LogP contribution is -2.02. The van der Waals surface area contributed by atoms with Crippen molar-refractivity contribution in [3.05, 3.63) is 69.8 Å². The van der Waals surface area contributed by atoms with Crippen molar-refractivity contribution < 1.29 is 14.8 Å². The number of aliphatic hydroxyl groups is 1. The molecule has 0 aliphatic carbocycles. The highest BCUT2D eigenvalue weighted by Crippen LogP contribution is 2.22. The Morgan fingerprint density at radius 1 is 1.05 bits per heavy atom. The first-order chi connectivity index (χ1) is 9.22. The monoisotopic (exact) mass is 259 g/mol. The van der Waals surface area contributed by atoms with Gasteiger partial charge in [-0.3, -0.25) is 10.1 Å². The molecule has 19 heavy (non-hydrogen) atoms. The van der Waals surface area contributed by atoms with Gasteiger partial charge in [-0.1, -0.05) is 30.3 Å². The molecule has 0 saturated heterocycles. The lowest BCUT2D eigenvalue weighted by molar-refractivity contribution is -0.385. The van der Waals surface area contributed by atoms with Crippen molar-refractivity contribution in [3.63, 3.8) is 0 Å². The summed E-state index contributed by atoms with van der Waals surface area (Å²) in [7, 11) is 0. The highest BCUT2D eigenvalue weighted by Gasteiger charge is 2.13. The van der Waals surface area contributed by atoms with Gasteiger partial charge in [-0.05, 0) is 12.1 Å². The summed E-state index contributed by atoms with van der Waals surface area (Å²) in [6, 6.07) is 13.5. The van der Waals surface area contributed by atoms with Crippen LogP contribution in [0.15, 0.2) is 48.5 Å². The molecule has 0 bridgehead atoms. The van der Waals surface area contributed by atoms with E-state index in [2.05, 4.69) is 0 Å². The zero-order valence-electron chi connectivity index (χ0n) is 10.2. The van der Waals surface area contributed by atoms with Gasteiger partial charge in [-0.2, -0.15) is 0 Å². The fraction of sp³-hybridized carbons (Fsp3) is 0.143. The quantitative estimate of drug-likeness (QED) is 0.661. The van der Waals surface area contributed by atoms with Crippen LogP contribution in [-0.2, 0) is 13.2 Å². The van der Waals surface area contributed by atoms with Gasteiger partial charge in [0.05, 0.1) is 17.1 Å². The van der Waals surface area contributed by atoms with Crippen LogP contribution in [0.5, 0.6) is 5.75 Å². The maximum atomic E-state index is 10.9. The van der Waals surface area contributed by atoms with Gasteiger partial charge in [0.1, 0.15) is 12.4 Å². The van der Waals surface area contributed by atoms with Gasteiger partial charge in [0.25, 0.3) is 5.69 Å². The van der Waals surface area contributed by atoms with Crippen LogP contribution in [-0.4, -0.2) is 10.0 Å². The number of rotatable bonds is 5. The number of hydrogen-bond donors (Lipinski definition) is 1. The number of para-hydroxylation sites is 2. The van der Waals surface area contributed by atoms with E-state index in [4.69, 9.17) is 4.74 Å². The summed E-state index contributed by atoms with van der Waals surface area (Å²) in [5.41, 5.74) is 1.19. The molecule has 0 unspecified atom stereocenters. The van der Waals surface area contributed by atoms with E-state index in [0.717, 1.165) is 0 Å². The van der Waals surface area contributed by atoms with Gasteiger partial charge < -0.3 is 9.84 Å². The predicted octanol–water partition coefficient (Wildman–Crippen LogP) is 2.67. The van der Waals surface area contributed by atoms with Gasteiger partial charge in [0, 0.05) is 11.6 Å². The third-order valence-corrected chi connectivity index (χ3v) is 2.71. The smallest absolute Gasteiger partial charge is 0.276 e. The molecule has 2 aromatic carbocycles. The second kappa shape index (κ2) is 5.97. The summed E-state index contributed by atoms with van der Waals surface area (Å²) in [5, 5.41) is 20.0. The molecule has 5 nitrogen and oxygen atoms in total. The maximum Gasteiger partial charge on any atom is 0.276 e. The number of ether oxygens (including phenoxy) is 1. The number of nitrogens with zero attached hydrogens (tertiary/aromatic N) is 1. The minimum Gasteiger partial charge on any atom is -0.488 e. The van der Waals surface area contributed by atoms with Crippen molar-refractivity contribution in [1.82, 2.24) is 0 Å². The van der Waals surface area contributed by atoms with Crippen LogP contribution in [0.3, 0.4) is 0 Å². The molecule has 0 aliphatic rings. The maximum absolute atomic E-state index is 10.9. The van der Waals surface area contributed by atoms with Crippen molar-refractivity contribution in [1.29, 1.82) is 0 Å². The first-order valence-corrected chi connectivity index (χ1v) is 5.76. The van der Waals surface area contributed by atoms with Crippen molar-refractivity contribution in [2.75, 3.05) is 0 Å². The third-order valence-electron chi connectivity index (χ3n) is 2.71. The van der Waals surface area contributed by atoms with E-state index in [0.29, 0.717) is 16.9 Å². The van der Waals surface area contributed by atoms with Gasteiger partial charge in [0.15, 0.2) is 0 Å². The topological polar surface area (TPSA) is 72.6 Å². The third kappa shape index (κ3) is 3.08. The second-order valence-electron chi connectivity index (χ2n) is 3.94. The largest absolute Gasteiger partial charge is 0.488 e. The van der Waals surface area contributed by atoms with Gasteiger partial charge in [0.2, 0.25) is 0 Å². The summed E-state index contributed by atoms with van der Waals surface area (Å²) in [4.78, 5) is 10.4. The number of aliphatic hydroxyl groups excluding tert-OH is 1. The Bertz CT molecular complexity index is 583. The van der Waals surface area contributed by atoms with Crippen molar-refractivity contribution in [2.45, 2.75) is 13.2 Å². The Hall–Kier alpha value is -2.40. The van der Waals surface area contributed by atoms with Crippen LogP contribution in [0.1, 0.15) is 11.1 Å². The van der Waals surface area contributed by atoms with Crippen LogP contribution < -0.4 is 4.74 Å². The fourth-order valence-corrected chi connectivity index (χ4v) is 1.74. The molecule has 2 aromatic rings. The molecule has 0 heterocycles. The molecule has 0 atom stereocenters. The number of nitro groups is 1. The van der Waals surface area contributed by atoms with E-state index < -0.39 is 4.92 Å². The molecule has 0 amide bonds. The summed E-state index contributed by atoms with van der Waals surface area (Å²) < 4.78 is 5.54. The zero-order chi connectivity index (χ0) is 13.7. The highest BCUT2D eigenvalue weighted by atomic mass is 16.6. The van der Waals surface area contributed by atoms with Crippen molar-refractivity contribution in [2.24, 2.45) is 0 Å². The lowest BCUT2D eigenvalue weighted by atomic mass is 10.2. The minimum absolute atomic E-state index is 0.0315. The molecule has 0 spiro atoms. The van der Waals surface area contributed by atoms with Crippen LogP contribution in [0.4, 0.5) is 5.69 Å². The lowest BCUT2D eigenvalue weighted by Gasteiger charge is -2.10. The average Bonchev–Trinajstić information content (AvgIpc) is 2.45. The molecule has 1 N–H and O–H groups in total. The first-order valence-electron chi connectivity index (χ1n) is 5.76. The summed E-state index contributed by atoms with van der Waals surface area (Å²) in [5.74, 6) is 0.531. The van der Waals surface area contributed by atoms with Crippen LogP contribution in [0.2, 0.25) is 0 Å². The molecule has 2 rings (SSSR count). The molecule has 5 heteroatoms. The predicted molar refractivity (Wildman–Crippen MR) is 69.8 cm³/mol. The van der Waals surface area contributed by atoms with E-state index in [1.807, 2.05) is 0 Å². The number of nitro benzene ring substituents is 1. The molecule has 0 radical (unpaired) electrons. The van der Waals surface area contributed by atoms with Gasteiger partial charge >= 0.3 is 0 Å². The molecule has 98 valence electrons. The van der Waals surface area contributed by atoms with E-state index in [-0.39, 0.29) is 18.9 Å². The SMILES string of the molecule is O=[N+]([O-])c1ccccc1COc1ccccc1CO. The first kappa shape index (κ1) is 13.0. The van der Waals surface area contributed by atoms with Gasteiger partial charge in [-0.15, -0.1) is 0 Å². The van der Waals surface area contributed by atoms with Crippen LogP contribution >= 0.6 is 0 Å². The Balaban J connectivity index is 2.17. The molecule has 0 aromatic heterocycles. The standard InChI is InChI=1S/C14H13NO4/c16-9-11-5-2-4-8-14(11)19-10-12-6-1-3-7-13(12)15(17)18/h1-8,16H,9-10H2. The Morgan fingerprint density at radius 3 is 2.37 bits per heavy atom. The zero-order valence-corrected chi connectivity index (χ0v) is 10.2. The molecule has 0 aliphatic heterocycles. The highest BCUT2D eigenvalue weighted by molar-refractivity contribution is 5.40. The summed E-state index contributed by atoms with van der Waals surface area (Å²) in [6.45, 7) is -0.0405. The molecule has 0 saturated carbocycles. The van der Waals surface area contributed by atoms with Crippen LogP contribution in [0.25, 0.3) is 0 Å². The van der Waals surface area contributed by atoms with E-state index in [1.165, 1.54) is 6.07 Å².